The van der Waals surface area contributed by atoms with E-state index in [0.29, 0.717) is 11.1 Å². The maximum Gasteiger partial charge on any atom is 0.339 e. The van der Waals surface area contributed by atoms with Crippen molar-refractivity contribution in [2.24, 2.45) is 0 Å². The zero-order chi connectivity index (χ0) is 16.4. The van der Waals surface area contributed by atoms with E-state index < -0.39 is 5.97 Å². The van der Waals surface area contributed by atoms with Crippen molar-refractivity contribution in [3.05, 3.63) is 53.6 Å². The molecule has 118 valence electrons. The second-order valence-electron chi connectivity index (χ2n) is 5.62. The van der Waals surface area contributed by atoms with Gasteiger partial charge in [0.2, 0.25) is 0 Å². The Hall–Kier alpha value is -2.82. The summed E-state index contributed by atoms with van der Waals surface area (Å²) in [5.41, 5.74) is 1.90. The molecule has 1 fully saturated rings. The predicted molar refractivity (Wildman–Crippen MR) is 85.6 cm³/mol. The Morgan fingerprint density at radius 2 is 1.65 bits per heavy atom. The van der Waals surface area contributed by atoms with E-state index in [1.807, 2.05) is 11.0 Å². The SMILES string of the molecule is O=C(O)c1ccc(-c2cccc(C(=O)N3CCCC3)c2)cc1O. The minimum atomic E-state index is -1.17. The number of carboxylic acid groups (broad SMARTS) is 1. The lowest BCUT2D eigenvalue weighted by atomic mass is 10.0. The van der Waals surface area contributed by atoms with Crippen LogP contribution in [0, 0.1) is 0 Å². The van der Waals surface area contributed by atoms with Crippen molar-refractivity contribution >= 4 is 11.9 Å². The zero-order valence-corrected chi connectivity index (χ0v) is 12.5. The van der Waals surface area contributed by atoms with Gasteiger partial charge < -0.3 is 15.1 Å². The first-order valence-corrected chi connectivity index (χ1v) is 7.52. The lowest BCUT2D eigenvalue weighted by molar-refractivity contribution is 0.0693. The van der Waals surface area contributed by atoms with Gasteiger partial charge in [0.05, 0.1) is 0 Å². The van der Waals surface area contributed by atoms with Crippen LogP contribution in [0.2, 0.25) is 0 Å². The van der Waals surface area contributed by atoms with Crippen LogP contribution in [0.25, 0.3) is 11.1 Å². The maximum atomic E-state index is 12.4. The molecule has 0 bridgehead atoms. The van der Waals surface area contributed by atoms with E-state index in [1.165, 1.54) is 12.1 Å². The number of nitrogens with zero attached hydrogens (tertiary/aromatic N) is 1. The molecule has 1 amide bonds. The molecular formula is C18H17NO4. The molecule has 0 aliphatic carbocycles. The van der Waals surface area contributed by atoms with E-state index in [1.54, 1.807) is 24.3 Å². The molecule has 5 nitrogen and oxygen atoms in total. The first-order chi connectivity index (χ1) is 11.1. The van der Waals surface area contributed by atoms with Gasteiger partial charge in [-0.3, -0.25) is 4.79 Å². The number of benzene rings is 2. The molecule has 3 rings (SSSR count). The van der Waals surface area contributed by atoms with Crippen LogP contribution in [-0.4, -0.2) is 40.1 Å². The summed E-state index contributed by atoms with van der Waals surface area (Å²) in [5, 5.41) is 18.8. The van der Waals surface area contributed by atoms with Crippen LogP contribution in [0.1, 0.15) is 33.6 Å². The molecule has 0 spiro atoms. The average Bonchev–Trinajstić information content (AvgIpc) is 3.08. The highest BCUT2D eigenvalue weighted by Gasteiger charge is 2.19. The fourth-order valence-corrected chi connectivity index (χ4v) is 2.83. The number of carboxylic acids is 1. The molecule has 0 saturated carbocycles. The molecule has 2 aromatic carbocycles. The third-order valence-corrected chi connectivity index (χ3v) is 4.06. The van der Waals surface area contributed by atoms with Crippen molar-refractivity contribution < 1.29 is 19.8 Å². The summed E-state index contributed by atoms with van der Waals surface area (Å²) in [6, 6.07) is 11.6. The summed E-state index contributed by atoms with van der Waals surface area (Å²) < 4.78 is 0. The fraction of sp³-hybridized carbons (Fsp3) is 0.222. The van der Waals surface area contributed by atoms with Gasteiger partial charge in [0.1, 0.15) is 11.3 Å². The lowest BCUT2D eigenvalue weighted by Crippen LogP contribution is -2.27. The molecule has 1 saturated heterocycles. The van der Waals surface area contributed by atoms with E-state index in [2.05, 4.69) is 0 Å². The normalized spacial score (nSPS) is 14.0. The van der Waals surface area contributed by atoms with Gasteiger partial charge in [-0.15, -0.1) is 0 Å². The van der Waals surface area contributed by atoms with E-state index in [4.69, 9.17) is 5.11 Å². The van der Waals surface area contributed by atoms with Crippen LogP contribution in [0.4, 0.5) is 0 Å². The lowest BCUT2D eigenvalue weighted by Gasteiger charge is -2.15. The highest BCUT2D eigenvalue weighted by molar-refractivity contribution is 5.96. The topological polar surface area (TPSA) is 77.8 Å². The summed E-state index contributed by atoms with van der Waals surface area (Å²) in [4.78, 5) is 25.2. The Bertz CT molecular complexity index is 763. The third kappa shape index (κ3) is 3.04. The highest BCUT2D eigenvalue weighted by atomic mass is 16.4. The monoisotopic (exact) mass is 311 g/mol. The van der Waals surface area contributed by atoms with Crippen LogP contribution < -0.4 is 0 Å². The van der Waals surface area contributed by atoms with Gasteiger partial charge in [-0.2, -0.15) is 0 Å². The first kappa shape index (κ1) is 15.1. The van der Waals surface area contributed by atoms with Gasteiger partial charge in [0.25, 0.3) is 5.91 Å². The smallest absolute Gasteiger partial charge is 0.339 e. The number of carbonyl (C=O) groups excluding carboxylic acids is 1. The second-order valence-corrected chi connectivity index (χ2v) is 5.62. The maximum absolute atomic E-state index is 12.4. The average molecular weight is 311 g/mol. The van der Waals surface area contributed by atoms with Gasteiger partial charge in [0, 0.05) is 18.7 Å². The van der Waals surface area contributed by atoms with Crippen molar-refractivity contribution in [3.63, 3.8) is 0 Å². The van der Waals surface area contributed by atoms with Gasteiger partial charge >= 0.3 is 5.97 Å². The molecule has 5 heteroatoms. The van der Waals surface area contributed by atoms with E-state index >= 15 is 0 Å². The number of hydrogen-bond donors (Lipinski definition) is 2. The van der Waals surface area contributed by atoms with Gasteiger partial charge in [-0.1, -0.05) is 18.2 Å². The fourth-order valence-electron chi connectivity index (χ4n) is 2.83. The highest BCUT2D eigenvalue weighted by Crippen LogP contribution is 2.27. The molecule has 0 radical (unpaired) electrons. The molecule has 1 aliphatic rings. The van der Waals surface area contributed by atoms with Gasteiger partial charge in [-0.05, 0) is 48.2 Å². The number of aromatic carboxylic acids is 1. The van der Waals surface area contributed by atoms with Crippen molar-refractivity contribution in [1.29, 1.82) is 0 Å². The number of amides is 1. The van der Waals surface area contributed by atoms with Crippen LogP contribution in [0.3, 0.4) is 0 Å². The summed E-state index contributed by atoms with van der Waals surface area (Å²) >= 11 is 0. The van der Waals surface area contributed by atoms with Crippen LogP contribution in [0.15, 0.2) is 42.5 Å². The Labute approximate surface area is 133 Å². The third-order valence-electron chi connectivity index (χ3n) is 4.06. The van der Waals surface area contributed by atoms with Gasteiger partial charge in [-0.25, -0.2) is 4.79 Å². The zero-order valence-electron chi connectivity index (χ0n) is 12.5. The number of aromatic hydroxyl groups is 1. The summed E-state index contributed by atoms with van der Waals surface area (Å²) in [6.07, 6.45) is 2.08. The molecule has 0 aromatic heterocycles. The number of hydrogen-bond acceptors (Lipinski definition) is 3. The van der Waals surface area contributed by atoms with E-state index in [9.17, 15) is 14.7 Å². The minimum absolute atomic E-state index is 0.00993. The molecule has 0 unspecified atom stereocenters. The Morgan fingerprint density at radius 3 is 2.30 bits per heavy atom. The van der Waals surface area contributed by atoms with Crippen molar-refractivity contribution in [2.75, 3.05) is 13.1 Å². The molecule has 2 N–H and O–H groups in total. The Kier molecular flexibility index (Phi) is 4.02. The number of rotatable bonds is 3. The number of phenols is 1. The molecule has 2 aromatic rings. The summed E-state index contributed by atoms with van der Waals surface area (Å²) in [5.74, 6) is -1.45. The number of carbonyl (C=O) groups is 2. The molecule has 1 heterocycles. The van der Waals surface area contributed by atoms with E-state index in [-0.39, 0.29) is 17.2 Å². The Morgan fingerprint density at radius 1 is 0.957 bits per heavy atom. The molecular weight excluding hydrogens is 294 g/mol. The largest absolute Gasteiger partial charge is 0.507 e. The summed E-state index contributed by atoms with van der Waals surface area (Å²) in [7, 11) is 0. The van der Waals surface area contributed by atoms with Crippen LogP contribution in [-0.2, 0) is 0 Å². The van der Waals surface area contributed by atoms with Crippen LogP contribution >= 0.6 is 0 Å². The number of likely N-dealkylation sites (tertiary alicyclic amines) is 1. The first-order valence-electron chi connectivity index (χ1n) is 7.52. The van der Waals surface area contributed by atoms with Gasteiger partial charge in [0.15, 0.2) is 0 Å². The molecule has 23 heavy (non-hydrogen) atoms. The van der Waals surface area contributed by atoms with E-state index in [0.717, 1.165) is 31.5 Å². The van der Waals surface area contributed by atoms with Crippen LogP contribution in [0.5, 0.6) is 5.75 Å². The molecule has 1 aliphatic heterocycles. The quantitative estimate of drug-likeness (QED) is 0.913. The van der Waals surface area contributed by atoms with Crippen molar-refractivity contribution in [1.82, 2.24) is 4.90 Å². The minimum Gasteiger partial charge on any atom is -0.507 e. The summed E-state index contributed by atoms with van der Waals surface area (Å²) in [6.45, 7) is 1.58. The van der Waals surface area contributed by atoms with Crippen molar-refractivity contribution in [2.45, 2.75) is 12.8 Å². The predicted octanol–water partition coefficient (Wildman–Crippen LogP) is 2.99. The standard InChI is InChI=1S/C18H17NO4/c20-16-11-13(6-7-15(16)18(22)23)12-4-3-5-14(10-12)17(21)19-8-1-2-9-19/h3-7,10-11,20H,1-2,8-9H2,(H,22,23). The second kappa shape index (κ2) is 6.12. The molecule has 0 atom stereocenters. The van der Waals surface area contributed by atoms with Crippen molar-refractivity contribution in [3.8, 4) is 16.9 Å². The Balaban J connectivity index is 1.92.